The molecule has 0 unspecified atom stereocenters. The number of aryl methyl sites for hydroxylation is 1. The lowest BCUT2D eigenvalue weighted by Gasteiger charge is -2.38. The number of aromatic nitrogens is 1. The van der Waals surface area contributed by atoms with Crippen molar-refractivity contribution in [3.8, 4) is 5.75 Å². The normalized spacial score (nSPS) is 19.1. The highest BCUT2D eigenvalue weighted by Gasteiger charge is 2.31. The average molecular weight is 515 g/mol. The number of alkyl halides is 1. The van der Waals surface area contributed by atoms with Gasteiger partial charge in [0.05, 0.1) is 12.6 Å². The van der Waals surface area contributed by atoms with Crippen molar-refractivity contribution >= 4 is 16.9 Å². The number of carboxylic acids is 1. The van der Waals surface area contributed by atoms with E-state index in [2.05, 4.69) is 9.88 Å². The number of carbonyl (C=O) groups is 1. The number of hydrogen-bond donors (Lipinski definition) is 1. The summed E-state index contributed by atoms with van der Waals surface area (Å²) in [5.74, 6) is -1.84. The fourth-order valence-electron chi connectivity index (χ4n) is 5.49. The fraction of sp³-hybridized carbons (Fsp3) is 0.448. The van der Waals surface area contributed by atoms with Gasteiger partial charge in [0.15, 0.2) is 11.6 Å². The zero-order valence-electron chi connectivity index (χ0n) is 21.0. The van der Waals surface area contributed by atoms with Gasteiger partial charge in [0.25, 0.3) is 0 Å². The Kier molecular flexibility index (Phi) is 9.03. The van der Waals surface area contributed by atoms with Crippen molar-refractivity contribution in [1.29, 1.82) is 0 Å². The molecule has 0 radical (unpaired) electrons. The topological polar surface area (TPSA) is 62.7 Å². The van der Waals surface area contributed by atoms with Crippen LogP contribution in [0.2, 0.25) is 0 Å². The lowest BCUT2D eigenvalue weighted by atomic mass is 9.79. The van der Waals surface area contributed by atoms with Gasteiger partial charge in [0.2, 0.25) is 0 Å². The van der Waals surface area contributed by atoms with Gasteiger partial charge in [-0.2, -0.15) is 0 Å². The Bertz CT molecular complexity index is 1220. The fourth-order valence-corrected chi connectivity index (χ4v) is 5.49. The third-order valence-electron chi connectivity index (χ3n) is 7.48. The van der Waals surface area contributed by atoms with Gasteiger partial charge in [0.1, 0.15) is 11.9 Å². The number of nitrogens with zero attached hydrogens (tertiary/aromatic N) is 2. The highest BCUT2D eigenvalue weighted by molar-refractivity contribution is 5.83. The molecule has 4 rings (SSSR count). The first-order valence-electron chi connectivity index (χ1n) is 12.8. The molecule has 1 aliphatic heterocycles. The summed E-state index contributed by atoms with van der Waals surface area (Å²) in [6.45, 7) is 2.06. The van der Waals surface area contributed by atoms with Gasteiger partial charge < -0.3 is 14.7 Å². The number of rotatable bonds is 11. The zero-order chi connectivity index (χ0) is 26.4. The number of likely N-dealkylation sites (tertiary alicyclic amines) is 1. The Morgan fingerprint density at radius 1 is 1.22 bits per heavy atom. The van der Waals surface area contributed by atoms with E-state index in [1.807, 2.05) is 6.07 Å². The second kappa shape index (κ2) is 12.4. The van der Waals surface area contributed by atoms with Crippen LogP contribution in [0.5, 0.6) is 5.75 Å². The molecule has 0 aliphatic carbocycles. The van der Waals surface area contributed by atoms with Crippen molar-refractivity contribution in [2.75, 3.05) is 26.7 Å². The second-order valence-electron chi connectivity index (χ2n) is 9.85. The van der Waals surface area contributed by atoms with E-state index < -0.39 is 23.8 Å². The third-order valence-corrected chi connectivity index (χ3v) is 7.48. The van der Waals surface area contributed by atoms with E-state index in [0.717, 1.165) is 24.4 Å². The van der Waals surface area contributed by atoms with Crippen LogP contribution in [0.25, 0.3) is 10.9 Å². The van der Waals surface area contributed by atoms with Crippen LogP contribution in [-0.4, -0.2) is 47.7 Å². The van der Waals surface area contributed by atoms with E-state index in [1.54, 1.807) is 37.6 Å². The number of fused-ring (bicyclic) bond motifs is 1. The van der Waals surface area contributed by atoms with Gasteiger partial charge in [0, 0.05) is 24.5 Å². The van der Waals surface area contributed by atoms with Gasteiger partial charge in [-0.3, -0.25) is 9.78 Å². The summed E-state index contributed by atoms with van der Waals surface area (Å²) >= 11 is 0. The molecule has 8 heteroatoms. The largest absolute Gasteiger partial charge is 0.497 e. The van der Waals surface area contributed by atoms with Crippen LogP contribution >= 0.6 is 0 Å². The molecule has 1 N–H and O–H groups in total. The predicted molar refractivity (Wildman–Crippen MR) is 136 cm³/mol. The number of piperidine rings is 1. The Balaban J connectivity index is 1.35. The molecular weight excluding hydrogens is 481 g/mol. The highest BCUT2D eigenvalue weighted by Crippen LogP contribution is 2.36. The molecule has 1 saturated heterocycles. The molecule has 5 nitrogen and oxygen atoms in total. The predicted octanol–water partition coefficient (Wildman–Crippen LogP) is 6.36. The third kappa shape index (κ3) is 6.80. The molecule has 1 aliphatic rings. The number of aliphatic carboxylic acids is 1. The molecule has 0 bridgehead atoms. The summed E-state index contributed by atoms with van der Waals surface area (Å²) in [5.41, 5.74) is 1.63. The second-order valence-corrected chi connectivity index (χ2v) is 9.85. The lowest BCUT2D eigenvalue weighted by Crippen LogP contribution is -2.42. The van der Waals surface area contributed by atoms with Crippen LogP contribution < -0.4 is 4.74 Å². The minimum absolute atomic E-state index is 0.0338. The molecule has 37 heavy (non-hydrogen) atoms. The molecule has 3 atom stereocenters. The molecule has 1 aromatic heterocycles. The zero-order valence-corrected chi connectivity index (χ0v) is 21.0. The first kappa shape index (κ1) is 26.9. The van der Waals surface area contributed by atoms with Gasteiger partial charge in [-0.25, -0.2) is 13.2 Å². The van der Waals surface area contributed by atoms with Gasteiger partial charge in [-0.1, -0.05) is 12.1 Å². The number of halogens is 3. The van der Waals surface area contributed by atoms with E-state index in [0.29, 0.717) is 61.2 Å². The monoisotopic (exact) mass is 514 g/mol. The smallest absolute Gasteiger partial charge is 0.303 e. The summed E-state index contributed by atoms with van der Waals surface area (Å²) in [5, 5.41) is 10.2. The molecule has 0 spiro atoms. The molecule has 0 saturated carbocycles. The standard InChI is InChI=1S/C29H33F3N2O3/c1-37-22-8-10-27-24(17-22)23(11-13-33-27)25(30)9-7-19-12-15-34(18-21(19)16-28(35)36)14-3-5-20-4-2-6-26(31)29(20)32/h2,4,6,8,10-11,13,17,19,21,25H,3,5,7,9,12,14-16,18H2,1H3,(H,35,36)/t19-,21+,25-/m1/s1. The van der Waals surface area contributed by atoms with E-state index in [4.69, 9.17) is 4.74 Å². The quantitative estimate of drug-likeness (QED) is 0.323. The maximum Gasteiger partial charge on any atom is 0.303 e. The Morgan fingerprint density at radius 3 is 2.84 bits per heavy atom. The summed E-state index contributed by atoms with van der Waals surface area (Å²) in [7, 11) is 1.57. The number of benzene rings is 2. The highest BCUT2D eigenvalue weighted by atomic mass is 19.2. The minimum atomic E-state index is -1.19. The van der Waals surface area contributed by atoms with Crippen LogP contribution in [0.1, 0.15) is 49.4 Å². The van der Waals surface area contributed by atoms with Crippen LogP contribution in [0, 0.1) is 23.5 Å². The number of pyridine rings is 1. The average Bonchev–Trinajstić information content (AvgIpc) is 2.89. The Labute approximate surface area is 215 Å². The van der Waals surface area contributed by atoms with Crippen molar-refractivity contribution < 1.29 is 27.8 Å². The number of hydrogen-bond acceptors (Lipinski definition) is 4. The van der Waals surface area contributed by atoms with E-state index in [1.165, 1.54) is 6.07 Å². The van der Waals surface area contributed by atoms with Crippen LogP contribution in [-0.2, 0) is 11.2 Å². The molecule has 0 amide bonds. The lowest BCUT2D eigenvalue weighted by molar-refractivity contribution is -0.139. The molecule has 2 aromatic carbocycles. The molecule has 1 fully saturated rings. The number of ether oxygens (including phenoxy) is 1. The maximum absolute atomic E-state index is 15.5. The first-order chi connectivity index (χ1) is 17.9. The van der Waals surface area contributed by atoms with Crippen molar-refractivity contribution in [2.24, 2.45) is 11.8 Å². The van der Waals surface area contributed by atoms with Crippen LogP contribution in [0.4, 0.5) is 13.2 Å². The summed E-state index contributed by atoms with van der Waals surface area (Å²) < 4.78 is 48.1. The van der Waals surface area contributed by atoms with E-state index in [9.17, 15) is 18.7 Å². The van der Waals surface area contributed by atoms with E-state index >= 15 is 4.39 Å². The van der Waals surface area contributed by atoms with E-state index in [-0.39, 0.29) is 18.3 Å². The van der Waals surface area contributed by atoms with Crippen LogP contribution in [0.3, 0.4) is 0 Å². The molecule has 198 valence electrons. The van der Waals surface area contributed by atoms with Gasteiger partial charge in [-0.15, -0.1) is 0 Å². The molecular formula is C29H33F3N2O3. The van der Waals surface area contributed by atoms with Crippen molar-refractivity contribution in [3.63, 3.8) is 0 Å². The van der Waals surface area contributed by atoms with Crippen molar-refractivity contribution in [2.45, 2.75) is 44.7 Å². The Morgan fingerprint density at radius 2 is 2.05 bits per heavy atom. The molecule has 3 aromatic rings. The van der Waals surface area contributed by atoms with Gasteiger partial charge in [-0.05, 0) is 98.5 Å². The maximum atomic E-state index is 15.5. The van der Waals surface area contributed by atoms with Crippen molar-refractivity contribution in [3.05, 3.63) is 71.4 Å². The number of methoxy groups -OCH3 is 1. The van der Waals surface area contributed by atoms with Gasteiger partial charge >= 0.3 is 5.97 Å². The summed E-state index contributed by atoms with van der Waals surface area (Å²) in [4.78, 5) is 18.1. The Hall–Kier alpha value is -3.13. The van der Waals surface area contributed by atoms with Crippen LogP contribution in [0.15, 0.2) is 48.7 Å². The first-order valence-corrected chi connectivity index (χ1v) is 12.8. The minimum Gasteiger partial charge on any atom is -0.497 e. The molecule has 2 heterocycles. The van der Waals surface area contributed by atoms with Crippen molar-refractivity contribution in [1.82, 2.24) is 9.88 Å². The SMILES string of the molecule is COc1ccc2nccc([C@H](F)CC[C@@H]3CCN(CCCc4cccc(F)c4F)C[C@@H]3CC(=O)O)c2c1. The number of carboxylic acid groups (broad SMARTS) is 1. The summed E-state index contributed by atoms with van der Waals surface area (Å²) in [6.07, 6.45) is 3.19. The summed E-state index contributed by atoms with van der Waals surface area (Å²) in [6, 6.07) is 11.3.